The molecule has 0 saturated carbocycles. The summed E-state index contributed by atoms with van der Waals surface area (Å²) in [6.45, 7) is 4.17. The second-order valence-electron chi connectivity index (χ2n) is 4.58. The lowest BCUT2D eigenvalue weighted by atomic mass is 10.1. The van der Waals surface area contributed by atoms with Crippen LogP contribution in [0.15, 0.2) is 29.2 Å². The molecule has 2 unspecified atom stereocenters. The fourth-order valence-electron chi connectivity index (χ4n) is 1.85. The molecule has 0 bridgehead atoms. The number of rotatable bonds is 7. The van der Waals surface area contributed by atoms with Crippen LogP contribution in [-0.4, -0.2) is 33.2 Å². The van der Waals surface area contributed by atoms with Crippen molar-refractivity contribution < 1.29 is 13.5 Å². The van der Waals surface area contributed by atoms with Crippen LogP contribution in [0.3, 0.4) is 0 Å². The second kappa shape index (κ2) is 7.00. The topological polar surface area (TPSA) is 78.4 Å². The van der Waals surface area contributed by atoms with Crippen LogP contribution in [0.25, 0.3) is 0 Å². The van der Waals surface area contributed by atoms with Gasteiger partial charge in [0.1, 0.15) is 0 Å². The van der Waals surface area contributed by atoms with E-state index in [-0.39, 0.29) is 23.6 Å². The smallest absolute Gasteiger partial charge is 0.240 e. The zero-order chi connectivity index (χ0) is 14.5. The second-order valence-corrected chi connectivity index (χ2v) is 6.46. The Morgan fingerprint density at radius 2 is 1.79 bits per heavy atom. The van der Waals surface area contributed by atoms with Crippen molar-refractivity contribution in [3.05, 3.63) is 29.8 Å². The van der Waals surface area contributed by atoms with Gasteiger partial charge in [-0.2, -0.15) is 0 Å². The third-order valence-electron chi connectivity index (χ3n) is 3.06. The summed E-state index contributed by atoms with van der Waals surface area (Å²) in [6.07, 6.45) is 0.691. The lowest BCUT2D eigenvalue weighted by Crippen LogP contribution is -2.29. The maximum absolute atomic E-state index is 11.6. The maximum Gasteiger partial charge on any atom is 0.240 e. The van der Waals surface area contributed by atoms with Gasteiger partial charge >= 0.3 is 0 Å². The predicted octanol–water partition coefficient (Wildman–Crippen LogP) is 1.02. The van der Waals surface area contributed by atoms with Crippen LogP contribution in [0.1, 0.15) is 31.9 Å². The maximum atomic E-state index is 11.6. The molecular weight excluding hydrogens is 264 g/mol. The summed E-state index contributed by atoms with van der Waals surface area (Å²) in [5, 5.41) is 12.2. The SMILES string of the molecule is CNS(=O)(=O)c1ccc(C(C)NC(C)CCO)cc1. The first-order valence-corrected chi connectivity index (χ1v) is 7.79. The van der Waals surface area contributed by atoms with Crippen molar-refractivity contribution >= 4 is 10.0 Å². The summed E-state index contributed by atoms with van der Waals surface area (Å²) in [5.74, 6) is 0. The van der Waals surface area contributed by atoms with Gasteiger partial charge < -0.3 is 10.4 Å². The van der Waals surface area contributed by atoms with Crippen LogP contribution in [0.2, 0.25) is 0 Å². The van der Waals surface area contributed by atoms with E-state index >= 15 is 0 Å². The summed E-state index contributed by atoms with van der Waals surface area (Å²) in [4.78, 5) is 0.259. The van der Waals surface area contributed by atoms with Gasteiger partial charge in [-0.3, -0.25) is 0 Å². The van der Waals surface area contributed by atoms with E-state index in [0.717, 1.165) is 5.56 Å². The minimum atomic E-state index is -3.38. The average molecular weight is 286 g/mol. The summed E-state index contributed by atoms with van der Waals surface area (Å²) < 4.78 is 25.5. The van der Waals surface area contributed by atoms with E-state index in [1.54, 1.807) is 24.3 Å². The molecule has 1 aromatic carbocycles. The highest BCUT2D eigenvalue weighted by molar-refractivity contribution is 7.89. The van der Waals surface area contributed by atoms with Crippen LogP contribution in [0, 0.1) is 0 Å². The molecule has 6 heteroatoms. The molecule has 2 atom stereocenters. The van der Waals surface area contributed by atoms with Gasteiger partial charge in [0.05, 0.1) is 4.90 Å². The molecule has 5 nitrogen and oxygen atoms in total. The van der Waals surface area contributed by atoms with Gasteiger partial charge in [-0.15, -0.1) is 0 Å². The Morgan fingerprint density at radius 3 is 2.26 bits per heavy atom. The van der Waals surface area contributed by atoms with E-state index in [9.17, 15) is 8.42 Å². The molecular formula is C13H22N2O3S. The lowest BCUT2D eigenvalue weighted by molar-refractivity contribution is 0.264. The van der Waals surface area contributed by atoms with Crippen molar-refractivity contribution in [2.45, 2.75) is 37.2 Å². The van der Waals surface area contributed by atoms with Gasteiger partial charge in [0, 0.05) is 18.7 Å². The Balaban J connectivity index is 2.76. The molecule has 0 spiro atoms. The van der Waals surface area contributed by atoms with Gasteiger partial charge in [-0.05, 0) is 45.0 Å². The normalized spacial score (nSPS) is 15.2. The molecule has 3 N–H and O–H groups in total. The van der Waals surface area contributed by atoms with E-state index in [4.69, 9.17) is 5.11 Å². The van der Waals surface area contributed by atoms with E-state index in [1.165, 1.54) is 7.05 Å². The highest BCUT2D eigenvalue weighted by Crippen LogP contribution is 2.16. The molecule has 0 fully saturated rings. The Hall–Kier alpha value is -0.950. The number of aliphatic hydroxyl groups is 1. The fourth-order valence-corrected chi connectivity index (χ4v) is 2.58. The molecule has 0 aromatic heterocycles. The molecule has 0 aliphatic rings. The monoisotopic (exact) mass is 286 g/mol. The minimum Gasteiger partial charge on any atom is -0.396 e. The largest absolute Gasteiger partial charge is 0.396 e. The van der Waals surface area contributed by atoms with Crippen molar-refractivity contribution in [3.63, 3.8) is 0 Å². The lowest BCUT2D eigenvalue weighted by Gasteiger charge is -2.20. The van der Waals surface area contributed by atoms with Gasteiger partial charge in [-0.1, -0.05) is 12.1 Å². The van der Waals surface area contributed by atoms with E-state index in [1.807, 2.05) is 13.8 Å². The van der Waals surface area contributed by atoms with Crippen LogP contribution in [0.4, 0.5) is 0 Å². The number of sulfonamides is 1. The number of nitrogens with one attached hydrogen (secondary N) is 2. The van der Waals surface area contributed by atoms with Gasteiger partial charge in [0.2, 0.25) is 10.0 Å². The molecule has 19 heavy (non-hydrogen) atoms. The third-order valence-corrected chi connectivity index (χ3v) is 4.49. The van der Waals surface area contributed by atoms with Crippen molar-refractivity contribution in [1.82, 2.24) is 10.0 Å². The molecule has 0 heterocycles. The Kier molecular flexibility index (Phi) is 5.93. The van der Waals surface area contributed by atoms with Crippen molar-refractivity contribution in [3.8, 4) is 0 Å². The first kappa shape index (κ1) is 16.1. The Morgan fingerprint density at radius 1 is 1.21 bits per heavy atom. The number of hydrogen-bond donors (Lipinski definition) is 3. The van der Waals surface area contributed by atoms with Crippen LogP contribution < -0.4 is 10.0 Å². The fraction of sp³-hybridized carbons (Fsp3) is 0.538. The van der Waals surface area contributed by atoms with Crippen LogP contribution in [-0.2, 0) is 10.0 Å². The van der Waals surface area contributed by atoms with Crippen molar-refractivity contribution in [2.24, 2.45) is 0 Å². The standard InChI is InChI=1S/C13H22N2O3S/c1-10(8-9-16)15-11(2)12-4-6-13(7-5-12)19(17,18)14-3/h4-7,10-11,14-16H,8-9H2,1-3H3. The quantitative estimate of drug-likeness (QED) is 0.699. The first-order valence-electron chi connectivity index (χ1n) is 6.31. The van der Waals surface area contributed by atoms with E-state index in [2.05, 4.69) is 10.0 Å². The molecule has 0 aliphatic heterocycles. The Bertz CT molecular complexity index is 485. The summed E-state index contributed by atoms with van der Waals surface area (Å²) >= 11 is 0. The van der Waals surface area contributed by atoms with Crippen molar-refractivity contribution in [1.29, 1.82) is 0 Å². The molecule has 0 aliphatic carbocycles. The summed E-state index contributed by atoms with van der Waals surface area (Å²) in [6, 6.07) is 7.10. The number of benzene rings is 1. The molecule has 1 rings (SSSR count). The first-order chi connectivity index (χ1) is 8.90. The molecule has 0 radical (unpaired) electrons. The van der Waals surface area contributed by atoms with Crippen LogP contribution in [0.5, 0.6) is 0 Å². The van der Waals surface area contributed by atoms with Gasteiger partial charge in [0.25, 0.3) is 0 Å². The van der Waals surface area contributed by atoms with Crippen molar-refractivity contribution in [2.75, 3.05) is 13.7 Å². The van der Waals surface area contributed by atoms with E-state index < -0.39 is 10.0 Å². The molecule has 0 saturated heterocycles. The predicted molar refractivity (Wildman–Crippen MR) is 75.4 cm³/mol. The molecule has 108 valence electrons. The highest BCUT2D eigenvalue weighted by Gasteiger charge is 2.13. The third kappa shape index (κ3) is 4.58. The minimum absolute atomic E-state index is 0.105. The number of aliphatic hydroxyl groups excluding tert-OH is 1. The number of hydrogen-bond acceptors (Lipinski definition) is 4. The molecule has 1 aromatic rings. The summed E-state index contributed by atoms with van der Waals surface area (Å²) in [5.41, 5.74) is 1.01. The van der Waals surface area contributed by atoms with Gasteiger partial charge in [-0.25, -0.2) is 13.1 Å². The zero-order valence-electron chi connectivity index (χ0n) is 11.6. The molecule has 0 amide bonds. The van der Waals surface area contributed by atoms with E-state index in [0.29, 0.717) is 6.42 Å². The Labute approximate surface area is 115 Å². The highest BCUT2D eigenvalue weighted by atomic mass is 32.2. The summed E-state index contributed by atoms with van der Waals surface area (Å²) in [7, 11) is -1.98. The van der Waals surface area contributed by atoms with Crippen LogP contribution >= 0.6 is 0 Å². The zero-order valence-corrected chi connectivity index (χ0v) is 12.4. The van der Waals surface area contributed by atoms with Gasteiger partial charge in [0.15, 0.2) is 0 Å². The average Bonchev–Trinajstić information content (AvgIpc) is 2.39.